The second kappa shape index (κ2) is 5.25. The highest BCUT2D eigenvalue weighted by Crippen LogP contribution is 2.19. The molecule has 0 amide bonds. The Kier molecular flexibility index (Phi) is 2.97. The van der Waals surface area contributed by atoms with Crippen molar-refractivity contribution in [2.24, 2.45) is 0 Å². The van der Waals surface area contributed by atoms with Gasteiger partial charge < -0.3 is 5.32 Å². The van der Waals surface area contributed by atoms with Crippen LogP contribution in [0.1, 0.15) is 0 Å². The van der Waals surface area contributed by atoms with Crippen LogP contribution < -0.4 is 5.32 Å². The molecular weight excluding hydrogens is 276 g/mol. The lowest BCUT2D eigenvalue weighted by Gasteiger charge is -2.02. The van der Waals surface area contributed by atoms with Crippen molar-refractivity contribution < 1.29 is 0 Å². The van der Waals surface area contributed by atoms with Gasteiger partial charge in [0.2, 0.25) is 5.95 Å². The van der Waals surface area contributed by atoms with Crippen LogP contribution in [0, 0.1) is 0 Å². The lowest BCUT2D eigenvalue weighted by atomic mass is 10.2. The average molecular weight is 288 g/mol. The summed E-state index contributed by atoms with van der Waals surface area (Å²) in [6.45, 7) is 0. The summed E-state index contributed by atoms with van der Waals surface area (Å²) in [6, 6.07) is 15.6. The van der Waals surface area contributed by atoms with Gasteiger partial charge >= 0.3 is 0 Å². The van der Waals surface area contributed by atoms with Crippen molar-refractivity contribution in [3.05, 3.63) is 67.1 Å². The van der Waals surface area contributed by atoms with Crippen LogP contribution in [0.15, 0.2) is 67.1 Å². The Morgan fingerprint density at radius 1 is 0.909 bits per heavy atom. The smallest absolute Gasteiger partial charge is 0.254 e. The van der Waals surface area contributed by atoms with Crippen LogP contribution in [-0.2, 0) is 0 Å². The van der Waals surface area contributed by atoms with Gasteiger partial charge in [-0.15, -0.1) is 5.10 Å². The van der Waals surface area contributed by atoms with E-state index in [4.69, 9.17) is 0 Å². The molecule has 0 bridgehead atoms. The maximum absolute atomic E-state index is 4.49. The Morgan fingerprint density at radius 2 is 1.82 bits per heavy atom. The zero-order chi connectivity index (χ0) is 14.8. The molecule has 1 aromatic carbocycles. The fraction of sp³-hybridized carbons (Fsp3) is 0. The Hall–Kier alpha value is -3.28. The van der Waals surface area contributed by atoms with Crippen molar-refractivity contribution in [3.63, 3.8) is 0 Å². The summed E-state index contributed by atoms with van der Waals surface area (Å²) in [7, 11) is 0. The number of pyridine rings is 1. The van der Waals surface area contributed by atoms with Gasteiger partial charge in [-0.2, -0.15) is 9.50 Å². The number of fused-ring (bicyclic) bond motifs is 1. The van der Waals surface area contributed by atoms with Crippen LogP contribution in [0.4, 0.5) is 11.6 Å². The quantitative estimate of drug-likeness (QED) is 0.627. The molecule has 0 aliphatic carbocycles. The van der Waals surface area contributed by atoms with Crippen molar-refractivity contribution in [2.45, 2.75) is 0 Å². The Morgan fingerprint density at radius 3 is 2.64 bits per heavy atom. The molecule has 106 valence electrons. The van der Waals surface area contributed by atoms with Crippen molar-refractivity contribution in [3.8, 4) is 11.3 Å². The molecule has 4 rings (SSSR count). The van der Waals surface area contributed by atoms with E-state index in [1.54, 1.807) is 23.1 Å². The summed E-state index contributed by atoms with van der Waals surface area (Å²) in [5, 5.41) is 7.66. The molecule has 0 atom stereocenters. The van der Waals surface area contributed by atoms with Crippen LogP contribution in [-0.4, -0.2) is 24.6 Å². The van der Waals surface area contributed by atoms with E-state index in [0.29, 0.717) is 11.7 Å². The molecular formula is C16H12N6. The monoisotopic (exact) mass is 288 g/mol. The molecule has 0 spiro atoms. The van der Waals surface area contributed by atoms with E-state index < -0.39 is 0 Å². The first kappa shape index (κ1) is 12.5. The third-order valence-corrected chi connectivity index (χ3v) is 3.23. The van der Waals surface area contributed by atoms with E-state index in [1.807, 2.05) is 48.5 Å². The first-order chi connectivity index (χ1) is 10.9. The number of hydrogen-bond acceptors (Lipinski definition) is 5. The zero-order valence-corrected chi connectivity index (χ0v) is 11.6. The molecule has 0 saturated carbocycles. The third-order valence-electron chi connectivity index (χ3n) is 3.23. The van der Waals surface area contributed by atoms with Crippen molar-refractivity contribution in [2.75, 3.05) is 5.32 Å². The number of aromatic nitrogens is 5. The highest BCUT2D eigenvalue weighted by Gasteiger charge is 2.09. The van der Waals surface area contributed by atoms with Crippen molar-refractivity contribution in [1.29, 1.82) is 0 Å². The fourth-order valence-corrected chi connectivity index (χ4v) is 2.23. The Balaban J connectivity index is 1.78. The number of hydrogen-bond donors (Lipinski definition) is 1. The van der Waals surface area contributed by atoms with Gasteiger partial charge in [-0.3, -0.25) is 4.98 Å². The summed E-state index contributed by atoms with van der Waals surface area (Å²) in [5.74, 6) is 1.05. The van der Waals surface area contributed by atoms with Gasteiger partial charge in [0.15, 0.2) is 0 Å². The minimum atomic E-state index is 0.509. The van der Waals surface area contributed by atoms with Crippen molar-refractivity contribution in [1.82, 2.24) is 24.6 Å². The largest absolute Gasteiger partial charge is 0.323 e. The molecule has 0 aliphatic rings. The highest BCUT2D eigenvalue weighted by molar-refractivity contribution is 5.61. The van der Waals surface area contributed by atoms with Gasteiger partial charge in [-0.05, 0) is 30.3 Å². The standard InChI is InChI=1S/C16H12N6/c1-2-6-13(7-3-1)19-15-20-16-18-10-8-14(22(16)21-15)12-5-4-9-17-11-12/h1-11H,(H,19,21). The van der Waals surface area contributed by atoms with E-state index in [2.05, 4.69) is 25.4 Å². The molecule has 1 N–H and O–H groups in total. The van der Waals surface area contributed by atoms with E-state index >= 15 is 0 Å². The molecule has 4 aromatic rings. The number of rotatable bonds is 3. The molecule has 0 aliphatic heterocycles. The normalized spacial score (nSPS) is 10.7. The van der Waals surface area contributed by atoms with E-state index in [-0.39, 0.29) is 0 Å². The fourth-order valence-electron chi connectivity index (χ4n) is 2.23. The molecule has 0 saturated heterocycles. The zero-order valence-electron chi connectivity index (χ0n) is 11.6. The summed E-state index contributed by atoms with van der Waals surface area (Å²) >= 11 is 0. The number of nitrogens with one attached hydrogen (secondary N) is 1. The van der Waals surface area contributed by atoms with Gasteiger partial charge in [0.05, 0.1) is 5.69 Å². The van der Waals surface area contributed by atoms with Crippen LogP contribution >= 0.6 is 0 Å². The summed E-state index contributed by atoms with van der Waals surface area (Å²) in [5.41, 5.74) is 2.79. The van der Waals surface area contributed by atoms with Crippen LogP contribution in [0.5, 0.6) is 0 Å². The van der Waals surface area contributed by atoms with E-state index in [0.717, 1.165) is 16.9 Å². The molecule has 3 heterocycles. The molecule has 0 fully saturated rings. The molecule has 22 heavy (non-hydrogen) atoms. The lowest BCUT2D eigenvalue weighted by molar-refractivity contribution is 0.949. The van der Waals surface area contributed by atoms with Gasteiger partial charge in [-0.1, -0.05) is 18.2 Å². The predicted molar refractivity (Wildman–Crippen MR) is 83.7 cm³/mol. The molecule has 6 nitrogen and oxygen atoms in total. The van der Waals surface area contributed by atoms with Crippen LogP contribution in [0.2, 0.25) is 0 Å². The Labute approximate surface area is 126 Å². The van der Waals surface area contributed by atoms with Crippen LogP contribution in [0.25, 0.3) is 17.0 Å². The van der Waals surface area contributed by atoms with E-state index in [9.17, 15) is 0 Å². The minimum Gasteiger partial charge on any atom is -0.323 e. The maximum Gasteiger partial charge on any atom is 0.254 e. The topological polar surface area (TPSA) is 68.0 Å². The van der Waals surface area contributed by atoms with Gasteiger partial charge in [0, 0.05) is 29.8 Å². The molecule has 0 unspecified atom stereocenters. The van der Waals surface area contributed by atoms with Gasteiger partial charge in [0.1, 0.15) is 0 Å². The number of para-hydroxylation sites is 1. The second-order valence-corrected chi connectivity index (χ2v) is 4.71. The van der Waals surface area contributed by atoms with Crippen molar-refractivity contribution >= 4 is 17.4 Å². The molecule has 6 heteroatoms. The predicted octanol–water partition coefficient (Wildman–Crippen LogP) is 2.93. The van der Waals surface area contributed by atoms with Gasteiger partial charge in [-0.25, -0.2) is 4.98 Å². The highest BCUT2D eigenvalue weighted by atomic mass is 15.4. The SMILES string of the molecule is c1ccc(Nc2nc3nccc(-c4cccnc4)n3n2)cc1. The second-order valence-electron chi connectivity index (χ2n) is 4.71. The lowest BCUT2D eigenvalue weighted by Crippen LogP contribution is -1.96. The van der Waals surface area contributed by atoms with Gasteiger partial charge in [0.25, 0.3) is 5.78 Å². The van der Waals surface area contributed by atoms with Crippen LogP contribution in [0.3, 0.4) is 0 Å². The first-order valence-corrected chi connectivity index (χ1v) is 6.84. The summed E-state index contributed by atoms with van der Waals surface area (Å²) in [6.07, 6.45) is 5.25. The third kappa shape index (κ3) is 2.26. The molecule has 0 radical (unpaired) electrons. The number of nitrogens with zero attached hydrogens (tertiary/aromatic N) is 5. The first-order valence-electron chi connectivity index (χ1n) is 6.84. The number of anilines is 2. The minimum absolute atomic E-state index is 0.509. The maximum atomic E-state index is 4.49. The Bertz CT molecular complexity index is 902. The summed E-state index contributed by atoms with van der Waals surface area (Å²) in [4.78, 5) is 12.8. The number of benzene rings is 1. The molecule has 3 aromatic heterocycles. The van der Waals surface area contributed by atoms with E-state index in [1.165, 1.54) is 0 Å². The summed E-state index contributed by atoms with van der Waals surface area (Å²) < 4.78 is 1.71. The average Bonchev–Trinajstić information content (AvgIpc) is 2.99.